The Balaban J connectivity index is 2.14. The Labute approximate surface area is 114 Å². The monoisotopic (exact) mass is 263 g/mol. The summed E-state index contributed by atoms with van der Waals surface area (Å²) in [6, 6.07) is 3.86. The van der Waals surface area contributed by atoms with E-state index in [9.17, 15) is 0 Å². The molecule has 0 aromatic carbocycles. The van der Waals surface area contributed by atoms with Crippen LogP contribution in [0.25, 0.3) is 0 Å². The molecule has 2 rings (SSSR count). The summed E-state index contributed by atoms with van der Waals surface area (Å²) in [4.78, 5) is 7.20. The Morgan fingerprint density at radius 1 is 1.50 bits per heavy atom. The van der Waals surface area contributed by atoms with Gasteiger partial charge in [0.1, 0.15) is 10.8 Å². The van der Waals surface area contributed by atoms with Gasteiger partial charge in [-0.1, -0.05) is 33.0 Å². The second-order valence-corrected chi connectivity index (χ2v) is 6.50. The predicted molar refractivity (Wildman–Crippen MR) is 79.9 cm³/mol. The zero-order chi connectivity index (χ0) is 13.3. The lowest BCUT2D eigenvalue weighted by atomic mass is 9.80. The maximum atomic E-state index is 5.66. The third-order valence-electron chi connectivity index (χ3n) is 3.77. The molecular formula is C14H21N3S. The molecule has 1 saturated heterocycles. The minimum absolute atomic E-state index is 0.357. The van der Waals surface area contributed by atoms with E-state index in [1.54, 1.807) is 6.20 Å². The molecule has 0 bridgehead atoms. The SMILES string of the molecule is CC(C)(C)C1CCN(c2cc(C(N)=S)ccn2)C1. The largest absolute Gasteiger partial charge is 0.389 e. The first-order valence-corrected chi connectivity index (χ1v) is 6.79. The van der Waals surface area contributed by atoms with Gasteiger partial charge in [0, 0.05) is 24.8 Å². The predicted octanol–water partition coefficient (Wildman–Crippen LogP) is 2.59. The first-order chi connectivity index (χ1) is 8.38. The summed E-state index contributed by atoms with van der Waals surface area (Å²) in [5.41, 5.74) is 6.92. The van der Waals surface area contributed by atoms with Crippen molar-refractivity contribution in [2.75, 3.05) is 18.0 Å². The van der Waals surface area contributed by atoms with Gasteiger partial charge in [0.25, 0.3) is 0 Å². The summed E-state index contributed by atoms with van der Waals surface area (Å²) in [6.07, 6.45) is 3.01. The fourth-order valence-electron chi connectivity index (χ4n) is 2.42. The van der Waals surface area contributed by atoms with Crippen molar-refractivity contribution in [1.82, 2.24) is 4.98 Å². The molecule has 2 heterocycles. The van der Waals surface area contributed by atoms with Crippen LogP contribution in [0.4, 0.5) is 5.82 Å². The van der Waals surface area contributed by atoms with Gasteiger partial charge in [0.15, 0.2) is 0 Å². The summed E-state index contributed by atoms with van der Waals surface area (Å²) in [7, 11) is 0. The number of anilines is 1. The van der Waals surface area contributed by atoms with Crippen molar-refractivity contribution >= 4 is 23.0 Å². The number of thiocarbonyl (C=S) groups is 1. The third kappa shape index (κ3) is 2.80. The van der Waals surface area contributed by atoms with Crippen molar-refractivity contribution in [3.8, 4) is 0 Å². The van der Waals surface area contributed by atoms with E-state index in [0.29, 0.717) is 16.3 Å². The van der Waals surface area contributed by atoms with Gasteiger partial charge in [-0.05, 0) is 29.9 Å². The number of nitrogens with zero attached hydrogens (tertiary/aromatic N) is 2. The Morgan fingerprint density at radius 2 is 2.22 bits per heavy atom. The quantitative estimate of drug-likeness (QED) is 0.833. The second kappa shape index (κ2) is 4.84. The van der Waals surface area contributed by atoms with Crippen molar-refractivity contribution in [3.63, 3.8) is 0 Å². The lowest BCUT2D eigenvalue weighted by Gasteiger charge is -2.27. The highest BCUT2D eigenvalue weighted by Crippen LogP contribution is 2.35. The normalized spacial score (nSPS) is 20.2. The van der Waals surface area contributed by atoms with E-state index in [1.165, 1.54) is 6.42 Å². The van der Waals surface area contributed by atoms with Crippen molar-refractivity contribution in [2.45, 2.75) is 27.2 Å². The van der Waals surface area contributed by atoms with Crippen LogP contribution in [0.3, 0.4) is 0 Å². The van der Waals surface area contributed by atoms with Crippen LogP contribution < -0.4 is 10.6 Å². The fourth-order valence-corrected chi connectivity index (χ4v) is 2.55. The highest BCUT2D eigenvalue weighted by Gasteiger charge is 2.32. The van der Waals surface area contributed by atoms with Crippen LogP contribution in [0.5, 0.6) is 0 Å². The number of hydrogen-bond acceptors (Lipinski definition) is 3. The van der Waals surface area contributed by atoms with Crippen LogP contribution in [0.2, 0.25) is 0 Å². The average molecular weight is 263 g/mol. The van der Waals surface area contributed by atoms with E-state index in [0.717, 1.165) is 24.5 Å². The van der Waals surface area contributed by atoms with E-state index >= 15 is 0 Å². The van der Waals surface area contributed by atoms with Gasteiger partial charge in [-0.2, -0.15) is 0 Å². The topological polar surface area (TPSA) is 42.1 Å². The first kappa shape index (κ1) is 13.3. The molecule has 2 N–H and O–H groups in total. The van der Waals surface area contributed by atoms with Crippen LogP contribution in [-0.2, 0) is 0 Å². The minimum atomic E-state index is 0.357. The number of aromatic nitrogens is 1. The van der Waals surface area contributed by atoms with Crippen LogP contribution in [0.15, 0.2) is 18.3 Å². The van der Waals surface area contributed by atoms with E-state index < -0.39 is 0 Å². The van der Waals surface area contributed by atoms with Crippen LogP contribution in [0, 0.1) is 11.3 Å². The zero-order valence-electron chi connectivity index (χ0n) is 11.3. The average Bonchev–Trinajstić information content (AvgIpc) is 2.78. The Bertz CT molecular complexity index is 451. The molecule has 1 fully saturated rings. The van der Waals surface area contributed by atoms with Crippen molar-refractivity contribution in [1.29, 1.82) is 0 Å². The van der Waals surface area contributed by atoms with Crippen LogP contribution in [0.1, 0.15) is 32.8 Å². The summed E-state index contributed by atoms with van der Waals surface area (Å²) < 4.78 is 0. The molecular weight excluding hydrogens is 242 g/mol. The maximum Gasteiger partial charge on any atom is 0.129 e. The zero-order valence-corrected chi connectivity index (χ0v) is 12.1. The van der Waals surface area contributed by atoms with E-state index in [-0.39, 0.29) is 0 Å². The summed E-state index contributed by atoms with van der Waals surface area (Å²) in [5, 5.41) is 0. The second-order valence-electron chi connectivity index (χ2n) is 6.06. The van der Waals surface area contributed by atoms with Gasteiger partial charge in [0.2, 0.25) is 0 Å². The van der Waals surface area contributed by atoms with Crippen molar-refractivity contribution in [3.05, 3.63) is 23.9 Å². The number of rotatable bonds is 2. The van der Waals surface area contributed by atoms with Gasteiger partial charge >= 0.3 is 0 Å². The molecule has 1 aliphatic rings. The molecule has 0 spiro atoms. The lowest BCUT2D eigenvalue weighted by molar-refractivity contribution is 0.263. The highest BCUT2D eigenvalue weighted by atomic mass is 32.1. The molecule has 1 atom stereocenters. The van der Waals surface area contributed by atoms with Gasteiger partial charge in [-0.3, -0.25) is 0 Å². The molecule has 0 radical (unpaired) electrons. The Kier molecular flexibility index (Phi) is 3.57. The molecule has 18 heavy (non-hydrogen) atoms. The van der Waals surface area contributed by atoms with Gasteiger partial charge in [-0.25, -0.2) is 4.98 Å². The van der Waals surface area contributed by atoms with E-state index in [4.69, 9.17) is 18.0 Å². The van der Waals surface area contributed by atoms with Crippen molar-refractivity contribution in [2.24, 2.45) is 17.1 Å². The molecule has 1 aliphatic heterocycles. The van der Waals surface area contributed by atoms with E-state index in [1.807, 2.05) is 12.1 Å². The van der Waals surface area contributed by atoms with Crippen LogP contribution in [-0.4, -0.2) is 23.1 Å². The molecule has 1 unspecified atom stereocenters. The summed E-state index contributed by atoms with van der Waals surface area (Å²) in [5.74, 6) is 1.71. The van der Waals surface area contributed by atoms with E-state index in [2.05, 4.69) is 30.7 Å². The fraction of sp³-hybridized carbons (Fsp3) is 0.571. The third-order valence-corrected chi connectivity index (χ3v) is 4.00. The maximum absolute atomic E-state index is 5.66. The summed E-state index contributed by atoms with van der Waals surface area (Å²) in [6.45, 7) is 9.05. The van der Waals surface area contributed by atoms with Gasteiger partial charge < -0.3 is 10.6 Å². The highest BCUT2D eigenvalue weighted by molar-refractivity contribution is 7.80. The van der Waals surface area contributed by atoms with Gasteiger partial charge in [0.05, 0.1) is 0 Å². The Hall–Kier alpha value is -1.16. The molecule has 98 valence electrons. The number of nitrogens with two attached hydrogens (primary N) is 1. The molecule has 3 nitrogen and oxygen atoms in total. The smallest absolute Gasteiger partial charge is 0.129 e. The molecule has 1 aromatic heterocycles. The lowest BCUT2D eigenvalue weighted by Crippen LogP contribution is -2.26. The minimum Gasteiger partial charge on any atom is -0.389 e. The molecule has 4 heteroatoms. The van der Waals surface area contributed by atoms with Crippen molar-refractivity contribution < 1.29 is 0 Å². The first-order valence-electron chi connectivity index (χ1n) is 6.39. The number of pyridine rings is 1. The molecule has 0 amide bonds. The standard InChI is InChI=1S/C14H21N3S/c1-14(2,3)11-5-7-17(9-11)12-8-10(13(15)18)4-6-16-12/h4,6,8,11H,5,7,9H2,1-3H3,(H2,15,18). The molecule has 0 saturated carbocycles. The molecule has 1 aromatic rings. The Morgan fingerprint density at radius 3 is 2.78 bits per heavy atom. The molecule has 0 aliphatic carbocycles. The summed E-state index contributed by atoms with van der Waals surface area (Å²) >= 11 is 5.01. The van der Waals surface area contributed by atoms with Crippen LogP contribution >= 0.6 is 12.2 Å². The number of hydrogen-bond donors (Lipinski definition) is 1. The van der Waals surface area contributed by atoms with Gasteiger partial charge in [-0.15, -0.1) is 0 Å².